The Morgan fingerprint density at radius 1 is 1.05 bits per heavy atom. The second-order valence-electron chi connectivity index (χ2n) is 8.11. The number of hydrogen-bond acceptors (Lipinski definition) is 7. The third kappa shape index (κ3) is 5.10. The lowest BCUT2D eigenvalue weighted by Gasteiger charge is -2.13. The first kappa shape index (κ1) is 25.4. The van der Waals surface area contributed by atoms with Crippen LogP contribution in [0.15, 0.2) is 75.6 Å². The molecule has 0 fully saturated rings. The lowest BCUT2D eigenvalue weighted by molar-refractivity contribution is -0.384. The first-order valence-electron chi connectivity index (χ1n) is 11.0. The Kier molecular flexibility index (Phi) is 6.85. The van der Waals surface area contributed by atoms with Crippen molar-refractivity contribution in [2.75, 3.05) is 5.32 Å². The fourth-order valence-electron chi connectivity index (χ4n) is 3.78. The van der Waals surface area contributed by atoms with Gasteiger partial charge in [0.25, 0.3) is 11.6 Å². The van der Waals surface area contributed by atoms with E-state index in [1.165, 1.54) is 24.3 Å². The van der Waals surface area contributed by atoms with E-state index in [1.807, 2.05) is 13.0 Å². The summed E-state index contributed by atoms with van der Waals surface area (Å²) < 4.78 is 11.5. The monoisotopic (exact) mass is 566 g/mol. The first-order valence-corrected chi connectivity index (χ1v) is 12.2. The Hall–Kier alpha value is -4.25. The molecule has 0 atom stereocenters. The number of nitrogens with zero attached hydrogens (tertiary/aromatic N) is 2. The molecule has 0 saturated heterocycles. The number of carbonyl (C=O) groups excluding carboxylic acids is 1. The molecule has 0 aliphatic heterocycles. The second-order valence-corrected chi connectivity index (χ2v) is 9.36. The van der Waals surface area contributed by atoms with Gasteiger partial charge in [0, 0.05) is 34.0 Å². The maximum absolute atomic E-state index is 12.7. The van der Waals surface area contributed by atoms with E-state index in [4.69, 9.17) is 44.3 Å². The van der Waals surface area contributed by atoms with Crippen LogP contribution in [0.5, 0.6) is 0 Å². The van der Waals surface area contributed by atoms with Crippen molar-refractivity contribution in [2.45, 2.75) is 6.92 Å². The van der Waals surface area contributed by atoms with Crippen LogP contribution in [0.25, 0.3) is 33.9 Å². The fraction of sp³-hybridized carbons (Fsp3) is 0.0385. The van der Waals surface area contributed by atoms with Crippen molar-refractivity contribution in [3.8, 4) is 22.8 Å². The highest BCUT2D eigenvalue weighted by Crippen LogP contribution is 2.34. The van der Waals surface area contributed by atoms with Gasteiger partial charge in [-0.25, -0.2) is 4.98 Å². The summed E-state index contributed by atoms with van der Waals surface area (Å²) in [4.78, 5) is 27.7. The molecule has 0 aliphatic carbocycles. The number of nitro groups is 1. The third-order valence-electron chi connectivity index (χ3n) is 5.62. The standard InChI is InChI=1S/C26H16Cl2N4O5S/c1-13-17(25-29-20-12-15(27)11-18(28)23(20)37-25)6-3-7-19(13)30-26(38)31-24(33)22-9-8-21(36-22)14-4-2-5-16(10-14)32(34)35/h2-12H,1H3,(H2,30,31,33,38). The molecular weight excluding hydrogens is 551 g/mol. The van der Waals surface area contributed by atoms with Crippen LogP contribution in [0.1, 0.15) is 16.1 Å². The molecule has 12 heteroatoms. The van der Waals surface area contributed by atoms with Crippen LogP contribution in [0, 0.1) is 17.0 Å². The number of furan rings is 1. The number of nitro benzene ring substituents is 1. The number of halogens is 2. The Labute approximate surface area is 230 Å². The Morgan fingerprint density at radius 2 is 1.84 bits per heavy atom. The molecule has 0 radical (unpaired) electrons. The zero-order chi connectivity index (χ0) is 27.0. The van der Waals surface area contributed by atoms with Gasteiger partial charge in [-0.1, -0.05) is 41.4 Å². The van der Waals surface area contributed by atoms with Gasteiger partial charge in [0.05, 0.1) is 9.95 Å². The molecule has 0 bridgehead atoms. The summed E-state index contributed by atoms with van der Waals surface area (Å²) in [5, 5.41) is 17.4. The number of oxazole rings is 1. The van der Waals surface area contributed by atoms with Crippen LogP contribution >= 0.6 is 35.4 Å². The zero-order valence-electron chi connectivity index (χ0n) is 19.5. The van der Waals surface area contributed by atoms with Crippen molar-refractivity contribution in [3.63, 3.8) is 0 Å². The molecule has 1 amide bonds. The van der Waals surface area contributed by atoms with Gasteiger partial charge in [0.1, 0.15) is 11.3 Å². The first-order chi connectivity index (χ1) is 18.2. The molecule has 0 saturated carbocycles. The smallest absolute Gasteiger partial charge is 0.293 e. The van der Waals surface area contributed by atoms with Crippen LogP contribution in [-0.4, -0.2) is 20.9 Å². The van der Waals surface area contributed by atoms with Crippen LogP contribution in [0.3, 0.4) is 0 Å². The highest BCUT2D eigenvalue weighted by atomic mass is 35.5. The summed E-state index contributed by atoms with van der Waals surface area (Å²) in [7, 11) is 0. The molecule has 3 aromatic carbocycles. The molecule has 0 unspecified atom stereocenters. The number of benzene rings is 3. The van der Waals surface area contributed by atoms with Gasteiger partial charge in [-0.2, -0.15) is 0 Å². The number of anilines is 1. The highest BCUT2D eigenvalue weighted by Gasteiger charge is 2.18. The summed E-state index contributed by atoms with van der Waals surface area (Å²) in [5.41, 5.74) is 3.42. The molecule has 5 rings (SSSR count). The van der Waals surface area contributed by atoms with Gasteiger partial charge in [-0.3, -0.25) is 20.2 Å². The van der Waals surface area contributed by atoms with Crippen LogP contribution in [-0.2, 0) is 0 Å². The number of aromatic nitrogens is 1. The zero-order valence-corrected chi connectivity index (χ0v) is 21.8. The number of carbonyl (C=O) groups is 1. The van der Waals surface area contributed by atoms with E-state index in [-0.39, 0.29) is 16.6 Å². The SMILES string of the molecule is Cc1c(NC(=S)NC(=O)c2ccc(-c3cccc([N+](=O)[O-])c3)o2)cccc1-c1nc2cc(Cl)cc(Cl)c2o1. The van der Waals surface area contributed by atoms with Crippen molar-refractivity contribution in [3.05, 3.63) is 98.2 Å². The summed E-state index contributed by atoms with van der Waals surface area (Å²) in [6, 6.07) is 17.6. The lowest BCUT2D eigenvalue weighted by atomic mass is 10.1. The van der Waals surface area contributed by atoms with E-state index in [9.17, 15) is 14.9 Å². The molecule has 0 spiro atoms. The summed E-state index contributed by atoms with van der Waals surface area (Å²) in [6.07, 6.45) is 0. The average molecular weight is 567 g/mol. The van der Waals surface area contributed by atoms with E-state index in [0.29, 0.717) is 49.6 Å². The minimum absolute atomic E-state index is 0.0110. The predicted molar refractivity (Wildman–Crippen MR) is 149 cm³/mol. The third-order valence-corrected chi connectivity index (χ3v) is 6.32. The van der Waals surface area contributed by atoms with Crippen molar-refractivity contribution >= 4 is 68.9 Å². The molecular formula is C26H16Cl2N4O5S. The number of rotatable bonds is 5. The maximum Gasteiger partial charge on any atom is 0.293 e. The number of non-ortho nitro benzene ring substituents is 1. The summed E-state index contributed by atoms with van der Waals surface area (Å²) in [5.74, 6) is 0.0622. The van der Waals surface area contributed by atoms with Gasteiger partial charge >= 0.3 is 0 Å². The van der Waals surface area contributed by atoms with Crippen molar-refractivity contribution in [1.82, 2.24) is 10.3 Å². The van der Waals surface area contributed by atoms with E-state index in [0.717, 1.165) is 5.56 Å². The minimum atomic E-state index is -0.585. The molecule has 5 aromatic rings. The normalized spacial score (nSPS) is 10.9. The maximum atomic E-state index is 12.7. The lowest BCUT2D eigenvalue weighted by Crippen LogP contribution is -2.34. The molecule has 2 N–H and O–H groups in total. The van der Waals surface area contributed by atoms with Gasteiger partial charge in [-0.15, -0.1) is 0 Å². The molecule has 9 nitrogen and oxygen atoms in total. The van der Waals surface area contributed by atoms with Crippen LogP contribution in [0.2, 0.25) is 10.0 Å². The summed E-state index contributed by atoms with van der Waals surface area (Å²) >= 11 is 17.6. The van der Waals surface area contributed by atoms with Gasteiger partial charge < -0.3 is 14.2 Å². The van der Waals surface area contributed by atoms with E-state index >= 15 is 0 Å². The molecule has 38 heavy (non-hydrogen) atoms. The average Bonchev–Trinajstić information content (AvgIpc) is 3.53. The largest absolute Gasteiger partial charge is 0.451 e. The Morgan fingerprint density at radius 3 is 2.63 bits per heavy atom. The topological polar surface area (TPSA) is 123 Å². The Balaban J connectivity index is 1.31. The second kappa shape index (κ2) is 10.3. The van der Waals surface area contributed by atoms with Gasteiger partial charge in [0.2, 0.25) is 5.89 Å². The van der Waals surface area contributed by atoms with Gasteiger partial charge in [0.15, 0.2) is 16.5 Å². The minimum Gasteiger partial charge on any atom is -0.451 e. The molecule has 190 valence electrons. The number of hydrogen-bond donors (Lipinski definition) is 2. The van der Waals surface area contributed by atoms with Gasteiger partial charge in [-0.05, 0) is 61.1 Å². The van der Waals surface area contributed by atoms with Crippen LogP contribution in [0.4, 0.5) is 11.4 Å². The Bertz CT molecular complexity index is 1750. The van der Waals surface area contributed by atoms with Crippen molar-refractivity contribution in [1.29, 1.82) is 0 Å². The predicted octanol–water partition coefficient (Wildman–Crippen LogP) is 7.41. The van der Waals surface area contributed by atoms with Crippen LogP contribution < -0.4 is 10.6 Å². The number of thiocarbonyl (C=S) groups is 1. The number of nitrogens with one attached hydrogen (secondary N) is 2. The number of fused-ring (bicyclic) bond motifs is 1. The number of amides is 1. The quantitative estimate of drug-likeness (QED) is 0.128. The van der Waals surface area contributed by atoms with Crippen molar-refractivity contribution in [2.24, 2.45) is 0 Å². The van der Waals surface area contributed by atoms with E-state index in [2.05, 4.69) is 15.6 Å². The molecule has 0 aliphatic rings. The summed E-state index contributed by atoms with van der Waals surface area (Å²) in [6.45, 7) is 1.85. The fourth-order valence-corrected chi connectivity index (χ4v) is 4.51. The van der Waals surface area contributed by atoms with E-state index in [1.54, 1.807) is 36.4 Å². The molecule has 2 heterocycles. The van der Waals surface area contributed by atoms with E-state index < -0.39 is 10.8 Å². The highest BCUT2D eigenvalue weighted by molar-refractivity contribution is 7.80. The van der Waals surface area contributed by atoms with Crippen molar-refractivity contribution < 1.29 is 18.6 Å². The molecule has 2 aromatic heterocycles.